The first kappa shape index (κ1) is 12.8. The van der Waals surface area contributed by atoms with E-state index in [0.717, 1.165) is 10.6 Å². The zero-order valence-electron chi connectivity index (χ0n) is 11.9. The Labute approximate surface area is 131 Å². The molecule has 4 heterocycles. The van der Waals surface area contributed by atoms with E-state index in [4.69, 9.17) is 14.2 Å². The molecule has 5 rings (SSSR count). The third-order valence-corrected chi connectivity index (χ3v) is 4.61. The summed E-state index contributed by atoms with van der Waals surface area (Å²) in [5.41, 5.74) is 0.726. The van der Waals surface area contributed by atoms with E-state index in [9.17, 15) is 9.59 Å². The minimum atomic E-state index is -0.439. The van der Waals surface area contributed by atoms with Gasteiger partial charge in [-0.3, -0.25) is 9.59 Å². The molecule has 1 aromatic carbocycles. The molecule has 0 aromatic heterocycles. The minimum absolute atomic E-state index is 0.193. The molecule has 4 unspecified atom stereocenters. The van der Waals surface area contributed by atoms with Gasteiger partial charge in [0.1, 0.15) is 0 Å². The number of nitrogens with zero attached hydrogens (tertiary/aromatic N) is 2. The van der Waals surface area contributed by atoms with Crippen LogP contribution in [0.4, 0.5) is 0 Å². The van der Waals surface area contributed by atoms with Gasteiger partial charge in [-0.2, -0.15) is 10.1 Å². The summed E-state index contributed by atoms with van der Waals surface area (Å²) in [6.45, 7) is 0.193. The molecule has 2 bridgehead atoms. The van der Waals surface area contributed by atoms with E-state index in [0.29, 0.717) is 11.5 Å². The lowest BCUT2D eigenvalue weighted by molar-refractivity contribution is -0.142. The number of ether oxygens (including phenoxy) is 3. The lowest BCUT2D eigenvalue weighted by Crippen LogP contribution is -2.30. The average molecular weight is 312 g/mol. The maximum Gasteiger partial charge on any atom is 0.256 e. The molecule has 2 fully saturated rings. The number of amides is 2. The topological polar surface area (TPSA) is 77.4 Å². The molecule has 7 nitrogen and oxygen atoms in total. The van der Waals surface area contributed by atoms with Gasteiger partial charge in [0, 0.05) is 0 Å². The van der Waals surface area contributed by atoms with Crippen LogP contribution in [0.25, 0.3) is 0 Å². The van der Waals surface area contributed by atoms with Gasteiger partial charge >= 0.3 is 0 Å². The van der Waals surface area contributed by atoms with E-state index in [1.165, 1.54) is 6.21 Å². The first-order valence-corrected chi connectivity index (χ1v) is 7.37. The van der Waals surface area contributed by atoms with Crippen molar-refractivity contribution in [1.82, 2.24) is 5.01 Å². The third kappa shape index (κ3) is 1.71. The Morgan fingerprint density at radius 3 is 2.48 bits per heavy atom. The molecule has 4 atom stereocenters. The van der Waals surface area contributed by atoms with Crippen molar-refractivity contribution in [2.24, 2.45) is 16.9 Å². The number of rotatable bonds is 2. The summed E-state index contributed by atoms with van der Waals surface area (Å²) in [5.74, 6) is -0.175. The lowest BCUT2D eigenvalue weighted by Gasteiger charge is -2.11. The van der Waals surface area contributed by atoms with Crippen LogP contribution < -0.4 is 9.47 Å². The van der Waals surface area contributed by atoms with Crippen molar-refractivity contribution in [2.75, 3.05) is 6.79 Å². The highest BCUT2D eigenvalue weighted by Gasteiger charge is 2.61. The second kappa shape index (κ2) is 4.42. The van der Waals surface area contributed by atoms with Gasteiger partial charge in [-0.05, 0) is 23.8 Å². The van der Waals surface area contributed by atoms with Gasteiger partial charge in [0.2, 0.25) is 6.79 Å². The van der Waals surface area contributed by atoms with Crippen LogP contribution in [0.3, 0.4) is 0 Å². The Morgan fingerprint density at radius 2 is 1.74 bits per heavy atom. The molecule has 4 aliphatic rings. The van der Waals surface area contributed by atoms with Crippen LogP contribution in [0.15, 0.2) is 35.5 Å². The zero-order chi connectivity index (χ0) is 15.6. The van der Waals surface area contributed by atoms with Crippen molar-refractivity contribution in [3.8, 4) is 11.5 Å². The average Bonchev–Trinajstić information content (AvgIpc) is 3.30. The van der Waals surface area contributed by atoms with Crippen molar-refractivity contribution in [1.29, 1.82) is 0 Å². The molecule has 0 spiro atoms. The number of hydrogen-bond donors (Lipinski definition) is 0. The standard InChI is InChI=1S/C16H12N2O5/c19-15-13-10-3-4-11(23-10)14(13)16(20)18(15)17-6-8-1-2-9-12(5-8)22-7-21-9/h1-6,10-11,13-14H,7H2/b17-6+. The quantitative estimate of drug-likeness (QED) is 0.456. The zero-order valence-corrected chi connectivity index (χ0v) is 11.9. The highest BCUT2D eigenvalue weighted by Crippen LogP contribution is 2.45. The monoisotopic (exact) mass is 312 g/mol. The number of fused-ring (bicyclic) bond motifs is 6. The Bertz CT molecular complexity index is 757. The predicted octanol–water partition coefficient (Wildman–Crippen LogP) is 0.688. The fraction of sp³-hybridized carbons (Fsp3) is 0.312. The fourth-order valence-corrected chi connectivity index (χ4v) is 3.52. The summed E-state index contributed by atoms with van der Waals surface area (Å²) in [6.07, 6.45) is 4.58. The summed E-state index contributed by atoms with van der Waals surface area (Å²) >= 11 is 0. The van der Waals surface area contributed by atoms with Gasteiger partial charge < -0.3 is 14.2 Å². The second-order valence-electron chi connectivity index (χ2n) is 5.85. The first-order valence-electron chi connectivity index (χ1n) is 7.37. The third-order valence-electron chi connectivity index (χ3n) is 4.61. The summed E-state index contributed by atoms with van der Waals surface area (Å²) < 4.78 is 16.1. The van der Waals surface area contributed by atoms with Gasteiger partial charge in [-0.15, -0.1) is 0 Å². The lowest BCUT2D eigenvalue weighted by atomic mass is 9.85. The van der Waals surface area contributed by atoms with Crippen LogP contribution >= 0.6 is 0 Å². The maximum absolute atomic E-state index is 12.4. The van der Waals surface area contributed by atoms with Crippen molar-refractivity contribution < 1.29 is 23.8 Å². The number of hydrogen-bond acceptors (Lipinski definition) is 6. The summed E-state index contributed by atoms with van der Waals surface area (Å²) in [6, 6.07) is 5.31. The molecule has 2 amide bonds. The molecule has 23 heavy (non-hydrogen) atoms. The number of hydrazone groups is 1. The first-order chi connectivity index (χ1) is 11.2. The van der Waals surface area contributed by atoms with Gasteiger partial charge in [0.05, 0.1) is 30.3 Å². The number of imide groups is 1. The van der Waals surface area contributed by atoms with Crippen LogP contribution in [-0.4, -0.2) is 42.0 Å². The SMILES string of the molecule is O=C1C2C3C=CC(O3)C2C(=O)N1/N=C/c1ccc2c(c1)OCO2. The highest BCUT2D eigenvalue weighted by molar-refractivity contribution is 6.07. The van der Waals surface area contributed by atoms with Crippen LogP contribution in [0, 0.1) is 11.8 Å². The number of carbonyl (C=O) groups excluding carboxylic acids is 2. The molecule has 116 valence electrons. The molecule has 0 aliphatic carbocycles. The molecular weight excluding hydrogens is 300 g/mol. The van der Waals surface area contributed by atoms with Crippen molar-refractivity contribution >= 4 is 18.0 Å². The van der Waals surface area contributed by atoms with Crippen molar-refractivity contribution in [3.63, 3.8) is 0 Å². The Kier molecular flexibility index (Phi) is 2.47. The molecule has 2 saturated heterocycles. The van der Waals surface area contributed by atoms with Crippen LogP contribution in [0.2, 0.25) is 0 Å². The Hall–Kier alpha value is -2.67. The van der Waals surface area contributed by atoms with Crippen LogP contribution in [0.1, 0.15) is 5.56 Å². The van der Waals surface area contributed by atoms with E-state index in [-0.39, 0.29) is 30.8 Å². The second-order valence-corrected chi connectivity index (χ2v) is 5.85. The molecule has 0 radical (unpaired) electrons. The van der Waals surface area contributed by atoms with Gasteiger partial charge in [0.25, 0.3) is 11.8 Å². The molecule has 1 aromatic rings. The summed E-state index contributed by atoms with van der Waals surface area (Å²) in [5, 5.41) is 5.06. The highest BCUT2D eigenvalue weighted by atomic mass is 16.7. The van der Waals surface area contributed by atoms with E-state index in [1.54, 1.807) is 18.2 Å². The minimum Gasteiger partial charge on any atom is -0.454 e. The van der Waals surface area contributed by atoms with Crippen molar-refractivity contribution in [3.05, 3.63) is 35.9 Å². The van der Waals surface area contributed by atoms with Gasteiger partial charge in [0.15, 0.2) is 11.5 Å². The van der Waals surface area contributed by atoms with Gasteiger partial charge in [-0.25, -0.2) is 0 Å². The van der Waals surface area contributed by atoms with Crippen molar-refractivity contribution in [2.45, 2.75) is 12.2 Å². The van der Waals surface area contributed by atoms with E-state index >= 15 is 0 Å². The Balaban J connectivity index is 1.41. The van der Waals surface area contributed by atoms with E-state index < -0.39 is 11.8 Å². The largest absolute Gasteiger partial charge is 0.454 e. The van der Waals surface area contributed by atoms with Gasteiger partial charge in [-0.1, -0.05) is 12.2 Å². The molecule has 0 saturated carbocycles. The molecular formula is C16H12N2O5. The van der Waals surface area contributed by atoms with Crippen LogP contribution in [0.5, 0.6) is 11.5 Å². The Morgan fingerprint density at radius 1 is 1.04 bits per heavy atom. The molecule has 4 aliphatic heterocycles. The normalized spacial score (nSPS) is 33.3. The fourth-order valence-electron chi connectivity index (χ4n) is 3.52. The molecule has 0 N–H and O–H groups in total. The van der Waals surface area contributed by atoms with Crippen LogP contribution in [-0.2, 0) is 14.3 Å². The predicted molar refractivity (Wildman–Crippen MR) is 76.8 cm³/mol. The number of benzene rings is 1. The number of carbonyl (C=O) groups is 2. The smallest absolute Gasteiger partial charge is 0.256 e. The summed E-state index contributed by atoms with van der Waals surface area (Å²) in [4.78, 5) is 24.9. The van der Waals surface area contributed by atoms with E-state index in [2.05, 4.69) is 5.10 Å². The molecule has 7 heteroatoms. The van der Waals surface area contributed by atoms with E-state index in [1.807, 2.05) is 12.2 Å². The summed E-state index contributed by atoms with van der Waals surface area (Å²) in [7, 11) is 0. The maximum atomic E-state index is 12.4.